The average molecular weight is 356 g/mol. The summed E-state index contributed by atoms with van der Waals surface area (Å²) in [6.45, 7) is 1.62. The van der Waals surface area contributed by atoms with Crippen molar-refractivity contribution < 1.29 is 13.5 Å². The monoisotopic (exact) mass is 354 g/mol. The van der Waals surface area contributed by atoms with Crippen LogP contribution in [0.1, 0.15) is 31.4 Å². The Morgan fingerprint density at radius 3 is 2.72 bits per heavy atom. The molecule has 1 rings (SSSR count). The number of sulfone groups is 1. The minimum absolute atomic E-state index is 0.103. The van der Waals surface area contributed by atoms with Crippen molar-refractivity contribution in [3.63, 3.8) is 0 Å². The lowest BCUT2D eigenvalue weighted by molar-refractivity contribution is 0.167. The van der Waals surface area contributed by atoms with E-state index in [9.17, 15) is 13.5 Å². The molecule has 0 amide bonds. The Bertz CT molecular complexity index is 502. The molecule has 0 saturated heterocycles. The number of hydrogen-bond acceptors (Lipinski definition) is 3. The van der Waals surface area contributed by atoms with Gasteiger partial charge in [0.2, 0.25) is 0 Å². The highest BCUT2D eigenvalue weighted by Gasteiger charge is 2.15. The fourth-order valence-corrected chi connectivity index (χ4v) is 3.10. The maximum absolute atomic E-state index is 11.3. The lowest BCUT2D eigenvalue weighted by atomic mass is 10.1. The fourth-order valence-electron chi connectivity index (χ4n) is 1.57. The van der Waals surface area contributed by atoms with Gasteiger partial charge in [-0.15, -0.1) is 0 Å². The summed E-state index contributed by atoms with van der Waals surface area (Å²) in [5.74, 6) is 0.243. The molecule has 0 spiro atoms. The van der Waals surface area contributed by atoms with Gasteiger partial charge in [0, 0.05) is 15.8 Å². The molecule has 0 aliphatic carbocycles. The Hall–Kier alpha value is -0.100. The van der Waals surface area contributed by atoms with Crippen LogP contribution in [0.3, 0.4) is 0 Å². The van der Waals surface area contributed by atoms with Crippen molar-refractivity contribution in [3.05, 3.63) is 33.3 Å². The Labute approximate surface area is 121 Å². The summed E-state index contributed by atoms with van der Waals surface area (Å²) in [6, 6.07) is 5.32. The van der Waals surface area contributed by atoms with Gasteiger partial charge in [-0.1, -0.05) is 30.7 Å². The zero-order valence-corrected chi connectivity index (χ0v) is 13.2. The van der Waals surface area contributed by atoms with Gasteiger partial charge >= 0.3 is 0 Å². The van der Waals surface area contributed by atoms with Gasteiger partial charge in [-0.25, -0.2) is 8.42 Å². The van der Waals surface area contributed by atoms with Gasteiger partial charge in [-0.2, -0.15) is 0 Å². The van der Waals surface area contributed by atoms with Crippen molar-refractivity contribution in [1.29, 1.82) is 0 Å². The quantitative estimate of drug-likeness (QED) is 0.851. The van der Waals surface area contributed by atoms with Crippen molar-refractivity contribution in [2.24, 2.45) is 0 Å². The number of hydrogen-bond donors (Lipinski definition) is 1. The van der Waals surface area contributed by atoms with Crippen LogP contribution in [0, 0.1) is 0 Å². The van der Waals surface area contributed by atoms with Crippen LogP contribution in [0.5, 0.6) is 0 Å². The predicted molar refractivity (Wildman–Crippen MR) is 77.7 cm³/mol. The summed E-state index contributed by atoms with van der Waals surface area (Å²) in [5.41, 5.74) is 0.625. The smallest absolute Gasteiger partial charge is 0.150 e. The average Bonchev–Trinajstić information content (AvgIpc) is 2.32. The highest BCUT2D eigenvalue weighted by Crippen LogP contribution is 2.32. The van der Waals surface area contributed by atoms with E-state index >= 15 is 0 Å². The number of aliphatic hydroxyl groups is 1. The second-order valence-corrected chi connectivity index (χ2v) is 7.74. The van der Waals surface area contributed by atoms with Gasteiger partial charge in [0.1, 0.15) is 9.84 Å². The van der Waals surface area contributed by atoms with E-state index in [4.69, 9.17) is 11.6 Å². The van der Waals surface area contributed by atoms with Gasteiger partial charge < -0.3 is 5.11 Å². The highest BCUT2D eigenvalue weighted by atomic mass is 79.9. The molecule has 1 atom stereocenters. The Balaban J connectivity index is 2.61. The van der Waals surface area contributed by atoms with Gasteiger partial charge in [0.25, 0.3) is 0 Å². The first-order valence-electron chi connectivity index (χ1n) is 5.69. The summed E-state index contributed by atoms with van der Waals surface area (Å²) < 4.78 is 23.4. The summed E-state index contributed by atoms with van der Waals surface area (Å²) in [7, 11) is -2.97. The standard InChI is InChI=1S/C12H16BrClO3S/c1-2-18(16,17)8-4-7-11(15)9-5-3-6-10(13)12(9)14/h3,5-6,11,15H,2,4,7-8H2,1H3. The molecule has 0 heterocycles. The third kappa shape index (κ3) is 4.53. The zero-order chi connectivity index (χ0) is 13.8. The van der Waals surface area contributed by atoms with Crippen molar-refractivity contribution in [3.8, 4) is 0 Å². The second-order valence-electron chi connectivity index (χ2n) is 4.04. The minimum atomic E-state index is -2.97. The summed E-state index contributed by atoms with van der Waals surface area (Å²) in [4.78, 5) is 0. The molecular formula is C12H16BrClO3S. The molecule has 1 aromatic rings. The highest BCUT2D eigenvalue weighted by molar-refractivity contribution is 9.10. The van der Waals surface area contributed by atoms with Gasteiger partial charge in [0.15, 0.2) is 0 Å². The molecule has 0 saturated carbocycles. The van der Waals surface area contributed by atoms with Crippen molar-refractivity contribution in [1.82, 2.24) is 0 Å². The fraction of sp³-hybridized carbons (Fsp3) is 0.500. The van der Waals surface area contributed by atoms with E-state index in [1.165, 1.54) is 0 Å². The van der Waals surface area contributed by atoms with Crippen molar-refractivity contribution >= 4 is 37.4 Å². The molecule has 1 aromatic carbocycles. The van der Waals surface area contributed by atoms with Crippen LogP contribution in [-0.2, 0) is 9.84 Å². The van der Waals surface area contributed by atoms with Gasteiger partial charge in [0.05, 0.1) is 16.9 Å². The summed E-state index contributed by atoms with van der Waals surface area (Å²) in [5, 5.41) is 10.5. The SMILES string of the molecule is CCS(=O)(=O)CCCC(O)c1cccc(Br)c1Cl. The van der Waals surface area contributed by atoms with Crippen LogP contribution in [0.2, 0.25) is 5.02 Å². The molecule has 18 heavy (non-hydrogen) atoms. The van der Waals surface area contributed by atoms with E-state index < -0.39 is 15.9 Å². The van der Waals surface area contributed by atoms with E-state index in [0.29, 0.717) is 23.4 Å². The maximum atomic E-state index is 11.3. The van der Waals surface area contributed by atoms with Gasteiger partial charge in [-0.3, -0.25) is 0 Å². The van der Waals surface area contributed by atoms with Crippen LogP contribution >= 0.6 is 27.5 Å². The van der Waals surface area contributed by atoms with E-state index in [1.54, 1.807) is 25.1 Å². The van der Waals surface area contributed by atoms with E-state index in [-0.39, 0.29) is 11.5 Å². The summed E-state index contributed by atoms with van der Waals surface area (Å²) in [6.07, 6.45) is 0.0809. The molecule has 0 aromatic heterocycles. The van der Waals surface area contributed by atoms with E-state index in [0.717, 1.165) is 4.47 Å². The van der Waals surface area contributed by atoms with E-state index in [2.05, 4.69) is 15.9 Å². The number of rotatable bonds is 6. The molecule has 0 fully saturated rings. The molecular weight excluding hydrogens is 340 g/mol. The molecule has 1 unspecified atom stereocenters. The molecule has 6 heteroatoms. The lowest BCUT2D eigenvalue weighted by Gasteiger charge is -2.13. The van der Waals surface area contributed by atoms with E-state index in [1.807, 2.05) is 0 Å². The molecule has 0 bridgehead atoms. The first-order valence-corrected chi connectivity index (χ1v) is 8.69. The van der Waals surface area contributed by atoms with Crippen LogP contribution in [0.25, 0.3) is 0 Å². The third-order valence-corrected chi connectivity index (χ3v) is 5.81. The number of halogens is 2. The zero-order valence-electron chi connectivity index (χ0n) is 10.1. The lowest BCUT2D eigenvalue weighted by Crippen LogP contribution is -2.10. The molecule has 0 aliphatic rings. The first-order chi connectivity index (χ1) is 8.37. The topological polar surface area (TPSA) is 54.4 Å². The minimum Gasteiger partial charge on any atom is -0.388 e. The molecule has 0 aliphatic heterocycles. The molecule has 0 radical (unpaired) electrons. The van der Waals surface area contributed by atoms with Crippen LogP contribution in [0.15, 0.2) is 22.7 Å². The van der Waals surface area contributed by atoms with Crippen LogP contribution in [-0.4, -0.2) is 25.0 Å². The van der Waals surface area contributed by atoms with Crippen LogP contribution in [0.4, 0.5) is 0 Å². The first kappa shape index (κ1) is 16.0. The van der Waals surface area contributed by atoms with Gasteiger partial charge in [-0.05, 0) is 34.8 Å². The predicted octanol–water partition coefficient (Wildman–Crippen LogP) is 3.35. The maximum Gasteiger partial charge on any atom is 0.150 e. The largest absolute Gasteiger partial charge is 0.388 e. The Morgan fingerprint density at radius 1 is 1.44 bits per heavy atom. The molecule has 1 N–H and O–H groups in total. The summed E-state index contributed by atoms with van der Waals surface area (Å²) >= 11 is 9.35. The number of aliphatic hydroxyl groups excluding tert-OH is 1. The Morgan fingerprint density at radius 2 is 2.11 bits per heavy atom. The molecule has 3 nitrogen and oxygen atoms in total. The third-order valence-electron chi connectivity index (χ3n) is 2.71. The Kier molecular flexibility index (Phi) is 6.11. The number of benzene rings is 1. The second kappa shape index (κ2) is 6.89. The van der Waals surface area contributed by atoms with Crippen molar-refractivity contribution in [2.45, 2.75) is 25.9 Å². The van der Waals surface area contributed by atoms with Crippen molar-refractivity contribution in [2.75, 3.05) is 11.5 Å². The molecule has 102 valence electrons. The normalized spacial score (nSPS) is 13.6. The van der Waals surface area contributed by atoms with Crippen LogP contribution < -0.4 is 0 Å².